The number of aliphatic hydroxyl groups is 1. The number of hydrogen-bond donors (Lipinski definition) is 1. The molecule has 1 N–H and O–H groups in total. The van der Waals surface area contributed by atoms with Crippen LogP contribution in [0.25, 0.3) is 0 Å². The molecule has 0 saturated carbocycles. The van der Waals surface area contributed by atoms with Crippen molar-refractivity contribution in [1.82, 2.24) is 0 Å². The van der Waals surface area contributed by atoms with E-state index in [2.05, 4.69) is 31.9 Å². The topological polar surface area (TPSA) is 20.2 Å². The summed E-state index contributed by atoms with van der Waals surface area (Å²) in [5.41, 5.74) is 1.37. The van der Waals surface area contributed by atoms with Gasteiger partial charge >= 0.3 is 0 Å². The number of halogens is 4. The molecule has 18 heavy (non-hydrogen) atoms. The van der Waals surface area contributed by atoms with E-state index in [-0.39, 0.29) is 11.4 Å². The van der Waals surface area contributed by atoms with Gasteiger partial charge in [0.2, 0.25) is 0 Å². The first kappa shape index (κ1) is 14.5. The molecule has 96 valence electrons. The summed E-state index contributed by atoms with van der Waals surface area (Å²) < 4.78 is 15.1. The van der Waals surface area contributed by atoms with E-state index in [1.54, 1.807) is 12.1 Å². The molecule has 6 heteroatoms. The Morgan fingerprint density at radius 1 is 1.39 bits per heavy atom. The van der Waals surface area contributed by atoms with Crippen LogP contribution in [0, 0.1) is 5.82 Å². The molecule has 0 aliphatic carbocycles. The monoisotopic (exact) mass is 412 g/mol. The normalized spacial score (nSPS) is 12.7. The summed E-state index contributed by atoms with van der Waals surface area (Å²) in [7, 11) is 0. The lowest BCUT2D eigenvalue weighted by Crippen LogP contribution is -2.02. The van der Waals surface area contributed by atoms with Gasteiger partial charge in [-0.2, -0.15) is 0 Å². The van der Waals surface area contributed by atoms with Crippen molar-refractivity contribution in [2.45, 2.75) is 12.5 Å². The van der Waals surface area contributed by atoms with Gasteiger partial charge in [-0.3, -0.25) is 0 Å². The molecule has 1 nitrogen and oxygen atoms in total. The largest absolute Gasteiger partial charge is 0.388 e. The maximum Gasteiger partial charge on any atom is 0.142 e. The van der Waals surface area contributed by atoms with Crippen LogP contribution in [-0.4, -0.2) is 5.11 Å². The van der Waals surface area contributed by atoms with Crippen molar-refractivity contribution >= 4 is 54.8 Å². The highest BCUT2D eigenvalue weighted by Gasteiger charge is 2.17. The Morgan fingerprint density at radius 2 is 2.11 bits per heavy atom. The van der Waals surface area contributed by atoms with Crippen LogP contribution in [0.4, 0.5) is 4.39 Å². The Kier molecular flexibility index (Phi) is 4.83. The van der Waals surface area contributed by atoms with Gasteiger partial charge in [0, 0.05) is 12.0 Å². The van der Waals surface area contributed by atoms with Crippen LogP contribution in [0.3, 0.4) is 0 Å². The molecular formula is C12H8Br2ClFOS. The summed E-state index contributed by atoms with van der Waals surface area (Å²) in [4.78, 5) is 0. The van der Waals surface area contributed by atoms with Crippen LogP contribution in [0.5, 0.6) is 0 Å². The second-order valence-corrected chi connectivity index (χ2v) is 7.84. The Bertz CT molecular complexity index is 573. The van der Waals surface area contributed by atoms with Crippen molar-refractivity contribution in [3.8, 4) is 0 Å². The van der Waals surface area contributed by atoms with Gasteiger partial charge in [-0.25, -0.2) is 4.39 Å². The van der Waals surface area contributed by atoms with Crippen LogP contribution in [0.2, 0.25) is 5.02 Å². The predicted octanol–water partition coefficient (Wildman–Crippen LogP) is 5.34. The highest BCUT2D eigenvalue weighted by molar-refractivity contribution is 9.12. The van der Waals surface area contributed by atoms with E-state index < -0.39 is 11.9 Å². The summed E-state index contributed by atoms with van der Waals surface area (Å²) in [5, 5.41) is 10.2. The van der Waals surface area contributed by atoms with Gasteiger partial charge in [0.15, 0.2) is 0 Å². The van der Waals surface area contributed by atoms with Gasteiger partial charge in [-0.05, 0) is 49.6 Å². The maximum absolute atomic E-state index is 13.3. The van der Waals surface area contributed by atoms with Crippen molar-refractivity contribution in [1.29, 1.82) is 0 Å². The van der Waals surface area contributed by atoms with Crippen LogP contribution in [0.1, 0.15) is 17.2 Å². The van der Waals surface area contributed by atoms with Gasteiger partial charge in [-0.1, -0.05) is 23.7 Å². The molecule has 0 bridgehead atoms. The van der Waals surface area contributed by atoms with Crippen LogP contribution in [0.15, 0.2) is 31.8 Å². The van der Waals surface area contributed by atoms with Crippen molar-refractivity contribution in [2.24, 2.45) is 0 Å². The van der Waals surface area contributed by atoms with E-state index in [4.69, 9.17) is 11.6 Å². The lowest BCUT2D eigenvalue weighted by atomic mass is 10.0. The molecule has 0 radical (unpaired) electrons. The predicted molar refractivity (Wildman–Crippen MR) is 79.8 cm³/mol. The molecular weight excluding hydrogens is 406 g/mol. The van der Waals surface area contributed by atoms with Crippen LogP contribution in [-0.2, 0) is 6.42 Å². The molecule has 0 fully saturated rings. The molecule has 0 aliphatic heterocycles. The highest BCUT2D eigenvalue weighted by Crippen LogP contribution is 2.37. The fraction of sp³-hybridized carbons (Fsp3) is 0.167. The molecule has 1 atom stereocenters. The first-order valence-electron chi connectivity index (χ1n) is 5.04. The zero-order chi connectivity index (χ0) is 13.3. The molecule has 2 rings (SSSR count). The molecule has 1 aromatic heterocycles. The SMILES string of the molecule is OC(Cc1cccc(F)c1Cl)c1cc(Br)sc1Br. The third-order valence-electron chi connectivity index (χ3n) is 2.49. The Balaban J connectivity index is 2.24. The summed E-state index contributed by atoms with van der Waals surface area (Å²) in [6.07, 6.45) is -0.445. The van der Waals surface area contributed by atoms with E-state index in [0.29, 0.717) is 5.56 Å². The van der Waals surface area contributed by atoms with Gasteiger partial charge in [0.1, 0.15) is 5.82 Å². The van der Waals surface area contributed by atoms with Crippen molar-refractivity contribution in [3.05, 3.63) is 53.8 Å². The van der Waals surface area contributed by atoms with E-state index in [0.717, 1.165) is 13.1 Å². The van der Waals surface area contributed by atoms with E-state index >= 15 is 0 Å². The smallest absolute Gasteiger partial charge is 0.142 e. The maximum atomic E-state index is 13.3. The number of benzene rings is 1. The second kappa shape index (κ2) is 6.01. The number of hydrogen-bond acceptors (Lipinski definition) is 2. The minimum atomic E-state index is -0.721. The molecule has 0 saturated heterocycles. The van der Waals surface area contributed by atoms with Crippen LogP contribution >= 0.6 is 54.8 Å². The average molecular weight is 415 g/mol. The lowest BCUT2D eigenvalue weighted by molar-refractivity contribution is 0.178. The number of rotatable bonds is 3. The Morgan fingerprint density at radius 3 is 2.72 bits per heavy atom. The average Bonchev–Trinajstić information content (AvgIpc) is 2.64. The minimum absolute atomic E-state index is 0.0713. The minimum Gasteiger partial charge on any atom is -0.388 e. The van der Waals surface area contributed by atoms with Crippen molar-refractivity contribution < 1.29 is 9.50 Å². The molecule has 0 aliphatic rings. The molecule has 1 unspecified atom stereocenters. The van der Waals surface area contributed by atoms with E-state index in [9.17, 15) is 9.50 Å². The molecule has 1 heterocycles. The van der Waals surface area contributed by atoms with E-state index in [1.807, 2.05) is 6.07 Å². The Hall–Kier alpha value is 0.0600. The first-order valence-corrected chi connectivity index (χ1v) is 7.82. The summed E-state index contributed by atoms with van der Waals surface area (Å²) in [5.74, 6) is -0.466. The molecule has 2 aromatic rings. The van der Waals surface area contributed by atoms with Crippen molar-refractivity contribution in [3.63, 3.8) is 0 Å². The summed E-state index contributed by atoms with van der Waals surface area (Å²) in [6, 6.07) is 6.44. The van der Waals surface area contributed by atoms with Crippen LogP contribution < -0.4 is 0 Å². The molecule has 0 amide bonds. The standard InChI is InChI=1S/C12H8Br2ClFOS/c13-10-5-7(12(14)18-10)9(17)4-6-2-1-3-8(16)11(6)15/h1-3,5,9,17H,4H2. The number of thiophene rings is 1. The van der Waals surface area contributed by atoms with Crippen molar-refractivity contribution in [2.75, 3.05) is 0 Å². The highest BCUT2D eigenvalue weighted by atomic mass is 79.9. The Labute approximate surface area is 130 Å². The third-order valence-corrected chi connectivity index (χ3v) is 5.30. The lowest BCUT2D eigenvalue weighted by Gasteiger charge is -2.11. The molecule has 0 spiro atoms. The summed E-state index contributed by atoms with van der Waals surface area (Å²) >= 11 is 14.1. The quantitative estimate of drug-likeness (QED) is 0.719. The first-order chi connectivity index (χ1) is 8.49. The van der Waals surface area contributed by atoms with E-state index in [1.165, 1.54) is 17.4 Å². The zero-order valence-electron chi connectivity index (χ0n) is 8.96. The fourth-order valence-electron chi connectivity index (χ4n) is 1.60. The zero-order valence-corrected chi connectivity index (χ0v) is 13.7. The van der Waals surface area contributed by atoms with Gasteiger partial charge < -0.3 is 5.11 Å². The second-order valence-electron chi connectivity index (χ2n) is 3.71. The molecule has 1 aromatic carbocycles. The number of aliphatic hydroxyl groups excluding tert-OH is 1. The summed E-state index contributed by atoms with van der Waals surface area (Å²) in [6.45, 7) is 0. The van der Waals surface area contributed by atoms with Gasteiger partial charge in [0.05, 0.1) is 18.7 Å². The van der Waals surface area contributed by atoms with Gasteiger partial charge in [-0.15, -0.1) is 11.3 Å². The fourth-order valence-corrected chi connectivity index (χ4v) is 4.76. The van der Waals surface area contributed by atoms with Gasteiger partial charge in [0.25, 0.3) is 0 Å². The third kappa shape index (κ3) is 3.14.